The van der Waals surface area contributed by atoms with E-state index in [-0.39, 0.29) is 17.7 Å². The first kappa shape index (κ1) is 39.3. The predicted molar refractivity (Wildman–Crippen MR) is 173 cm³/mol. The first-order valence-electron chi connectivity index (χ1n) is 14.7. The summed E-state index contributed by atoms with van der Waals surface area (Å²) in [5.41, 5.74) is 1.36. The molecule has 0 radical (unpaired) electrons. The maximum absolute atomic E-state index is 13.2. The second-order valence-electron chi connectivity index (χ2n) is 10.1. The summed E-state index contributed by atoms with van der Waals surface area (Å²) >= 11 is 12.2. The van der Waals surface area contributed by atoms with Crippen LogP contribution >= 0.6 is 23.2 Å². The summed E-state index contributed by atoms with van der Waals surface area (Å²) in [6.07, 6.45) is 7.98. The molecule has 2 aromatic rings. The lowest BCUT2D eigenvalue weighted by Crippen LogP contribution is -2.43. The average molecular weight is 581 g/mol. The highest BCUT2D eigenvalue weighted by molar-refractivity contribution is 6.42. The maximum atomic E-state index is 13.2. The van der Waals surface area contributed by atoms with Gasteiger partial charge < -0.3 is 10.1 Å². The van der Waals surface area contributed by atoms with Crippen LogP contribution in [0.2, 0.25) is 10.0 Å². The van der Waals surface area contributed by atoms with E-state index in [4.69, 9.17) is 23.2 Å². The average Bonchev–Trinajstić information content (AvgIpc) is 2.90. The number of amides is 1. The molecule has 2 aromatic carbocycles. The van der Waals surface area contributed by atoms with Crippen molar-refractivity contribution in [2.24, 2.45) is 5.92 Å². The number of ketones is 1. The van der Waals surface area contributed by atoms with E-state index < -0.39 is 5.41 Å². The van der Waals surface area contributed by atoms with Crippen molar-refractivity contribution in [2.45, 2.75) is 126 Å². The lowest BCUT2D eigenvalue weighted by atomic mass is 9.77. The molecular weight excluding hydrogens is 525 g/mol. The van der Waals surface area contributed by atoms with Crippen LogP contribution in [0.3, 0.4) is 0 Å². The van der Waals surface area contributed by atoms with Crippen molar-refractivity contribution in [2.75, 3.05) is 0 Å². The molecule has 0 saturated carbocycles. The fourth-order valence-electron chi connectivity index (χ4n) is 4.28. The van der Waals surface area contributed by atoms with E-state index in [1.165, 1.54) is 39.5 Å². The fourth-order valence-corrected chi connectivity index (χ4v) is 4.58. The Kier molecular flexibility index (Phi) is 23.1. The molecule has 1 unspecified atom stereocenters. The van der Waals surface area contributed by atoms with Crippen LogP contribution in [0.1, 0.15) is 131 Å². The molecule has 5 heteroatoms. The summed E-state index contributed by atoms with van der Waals surface area (Å²) in [5, 5.41) is 4.20. The zero-order valence-electron chi connectivity index (χ0n) is 26.3. The van der Waals surface area contributed by atoms with Crippen LogP contribution in [0.5, 0.6) is 0 Å². The Morgan fingerprint density at radius 2 is 1.36 bits per heavy atom. The molecule has 39 heavy (non-hydrogen) atoms. The second-order valence-corrected chi connectivity index (χ2v) is 11.0. The van der Waals surface area contributed by atoms with Gasteiger partial charge >= 0.3 is 0 Å². The highest BCUT2D eigenvalue weighted by atomic mass is 35.5. The molecule has 3 nitrogen and oxygen atoms in total. The van der Waals surface area contributed by atoms with Crippen molar-refractivity contribution >= 4 is 34.9 Å². The van der Waals surface area contributed by atoms with Gasteiger partial charge in [-0.15, -0.1) is 0 Å². The SMILES string of the molecule is CC.CC(C)=O.CCCC(C)(C(=O)N[C@@H](CC)c1ccccc1)c1ccc(Cl)c(Cl)c1.CCCC(C)CCC. The molecular formula is C34H55Cl2NO2. The number of Topliss-reactive ketones (excluding diaryl/α,β-unsaturated/α-hetero) is 1. The number of halogens is 2. The van der Waals surface area contributed by atoms with E-state index in [1.54, 1.807) is 6.07 Å². The Morgan fingerprint density at radius 1 is 0.846 bits per heavy atom. The third-order valence-electron chi connectivity index (χ3n) is 6.29. The maximum Gasteiger partial charge on any atom is 0.230 e. The van der Waals surface area contributed by atoms with Crippen LogP contribution in [-0.2, 0) is 15.0 Å². The smallest absolute Gasteiger partial charge is 0.230 e. The second kappa shape index (κ2) is 22.9. The van der Waals surface area contributed by atoms with E-state index in [0.717, 1.165) is 36.3 Å². The Morgan fingerprint density at radius 3 is 1.77 bits per heavy atom. The van der Waals surface area contributed by atoms with E-state index >= 15 is 0 Å². The van der Waals surface area contributed by atoms with Gasteiger partial charge in [-0.1, -0.05) is 140 Å². The number of hydrogen-bond acceptors (Lipinski definition) is 2. The highest BCUT2D eigenvalue weighted by Crippen LogP contribution is 2.34. The number of nitrogens with one attached hydrogen (secondary N) is 1. The summed E-state index contributed by atoms with van der Waals surface area (Å²) < 4.78 is 0. The molecule has 0 aromatic heterocycles. The first-order chi connectivity index (χ1) is 18.5. The van der Waals surface area contributed by atoms with Gasteiger partial charge in [-0.2, -0.15) is 0 Å². The van der Waals surface area contributed by atoms with Gasteiger partial charge in [0, 0.05) is 0 Å². The highest BCUT2D eigenvalue weighted by Gasteiger charge is 2.35. The summed E-state index contributed by atoms with van der Waals surface area (Å²) in [5.74, 6) is 1.15. The molecule has 1 N–H and O–H groups in total. The molecule has 0 aliphatic rings. The number of rotatable bonds is 11. The van der Waals surface area contributed by atoms with E-state index in [2.05, 4.69) is 39.9 Å². The number of carbonyl (C=O) groups excluding carboxylic acids is 2. The van der Waals surface area contributed by atoms with Crippen molar-refractivity contribution in [1.29, 1.82) is 0 Å². The van der Waals surface area contributed by atoms with Crippen molar-refractivity contribution in [1.82, 2.24) is 5.32 Å². The van der Waals surface area contributed by atoms with Crippen molar-refractivity contribution < 1.29 is 9.59 Å². The van der Waals surface area contributed by atoms with Gasteiger partial charge in [-0.3, -0.25) is 4.79 Å². The summed E-state index contributed by atoms with van der Waals surface area (Å²) in [4.78, 5) is 22.7. The monoisotopic (exact) mass is 579 g/mol. The minimum atomic E-state index is -0.648. The quantitative estimate of drug-likeness (QED) is 0.287. The molecule has 0 fully saturated rings. The van der Waals surface area contributed by atoms with E-state index in [9.17, 15) is 9.59 Å². The third kappa shape index (κ3) is 16.1. The Balaban J connectivity index is 0. The number of carbonyl (C=O) groups is 2. The molecule has 0 aliphatic carbocycles. The molecule has 222 valence electrons. The molecule has 0 bridgehead atoms. The molecule has 1 amide bonds. The zero-order chi connectivity index (χ0) is 30.4. The summed E-state index contributed by atoms with van der Waals surface area (Å²) in [6.45, 7) is 20.0. The molecule has 0 spiro atoms. The van der Waals surface area contributed by atoms with Crippen molar-refractivity contribution in [3.63, 3.8) is 0 Å². The predicted octanol–water partition coefficient (Wildman–Crippen LogP) is 11.2. The van der Waals surface area contributed by atoms with Gasteiger partial charge in [0.25, 0.3) is 0 Å². The molecule has 0 heterocycles. The van der Waals surface area contributed by atoms with Crippen LogP contribution in [0.25, 0.3) is 0 Å². The van der Waals surface area contributed by atoms with Gasteiger partial charge in [0.2, 0.25) is 5.91 Å². The molecule has 2 atom stereocenters. The summed E-state index contributed by atoms with van der Waals surface area (Å²) in [7, 11) is 0. The van der Waals surface area contributed by atoms with Gasteiger partial charge in [0.05, 0.1) is 21.5 Å². The molecule has 2 rings (SSSR count). The minimum absolute atomic E-state index is 0.00680. The van der Waals surface area contributed by atoms with Crippen molar-refractivity contribution in [3.8, 4) is 0 Å². The zero-order valence-corrected chi connectivity index (χ0v) is 27.8. The van der Waals surface area contributed by atoms with Crippen molar-refractivity contribution in [3.05, 3.63) is 69.7 Å². The fraction of sp³-hybridized carbons (Fsp3) is 0.588. The third-order valence-corrected chi connectivity index (χ3v) is 7.03. The largest absolute Gasteiger partial charge is 0.349 e. The van der Waals surface area contributed by atoms with Gasteiger partial charge in [0.15, 0.2) is 0 Å². The standard InChI is InChI=1S/C21H25Cl2NO.C8H18.C3H6O.C2H6/c1-4-13-21(3,16-11-12-17(22)18(23)14-16)20(25)24-19(5-2)15-9-7-6-8-10-15;1-4-6-8(3)7-5-2;1-3(2)4;1-2/h6-12,14,19H,4-5,13H2,1-3H3,(H,24,25);8H,4-7H2,1-3H3;1-2H3;1-2H3/t19-,21?;;;/m0.../s1. The summed E-state index contributed by atoms with van der Waals surface area (Å²) in [6, 6.07) is 15.5. The van der Waals surface area contributed by atoms with Crippen LogP contribution in [-0.4, -0.2) is 11.7 Å². The first-order valence-corrected chi connectivity index (χ1v) is 15.5. The molecule has 0 saturated heterocycles. The van der Waals surface area contributed by atoms with Crippen LogP contribution in [0, 0.1) is 5.92 Å². The van der Waals surface area contributed by atoms with Gasteiger partial charge in [0.1, 0.15) is 5.78 Å². The Bertz CT molecular complexity index is 907. The van der Waals surface area contributed by atoms with E-state index in [1.807, 2.05) is 63.2 Å². The molecule has 0 aliphatic heterocycles. The van der Waals surface area contributed by atoms with E-state index in [0.29, 0.717) is 10.0 Å². The Labute approximate surface area is 250 Å². The van der Waals surface area contributed by atoms with Crippen LogP contribution in [0.4, 0.5) is 0 Å². The van der Waals surface area contributed by atoms with Crippen LogP contribution in [0.15, 0.2) is 48.5 Å². The Hall–Kier alpha value is -1.84. The topological polar surface area (TPSA) is 46.2 Å². The minimum Gasteiger partial charge on any atom is -0.349 e. The normalized spacial score (nSPS) is 12.3. The number of benzene rings is 2. The van der Waals surface area contributed by atoms with Gasteiger partial charge in [-0.25, -0.2) is 0 Å². The number of hydrogen-bond donors (Lipinski definition) is 1. The van der Waals surface area contributed by atoms with Gasteiger partial charge in [-0.05, 0) is 62.8 Å². The lowest BCUT2D eigenvalue weighted by Gasteiger charge is -2.31. The van der Waals surface area contributed by atoms with Crippen LogP contribution < -0.4 is 5.32 Å². The lowest BCUT2D eigenvalue weighted by molar-refractivity contribution is -0.127.